The molecular formula is C17H24F2O2. The first-order valence-electron chi connectivity index (χ1n) is 7.74. The molecule has 0 radical (unpaired) electrons. The van der Waals surface area contributed by atoms with Crippen LogP contribution in [0, 0.1) is 0 Å². The third kappa shape index (κ3) is 5.71. The van der Waals surface area contributed by atoms with Crippen LogP contribution >= 0.6 is 0 Å². The number of hydrogen-bond donors (Lipinski definition) is 0. The van der Waals surface area contributed by atoms with Gasteiger partial charge in [-0.05, 0) is 24.8 Å². The molecule has 1 fully saturated rings. The first kappa shape index (κ1) is 16.4. The molecule has 0 bridgehead atoms. The van der Waals surface area contributed by atoms with Crippen LogP contribution in [0.5, 0.6) is 0 Å². The van der Waals surface area contributed by atoms with Crippen molar-refractivity contribution in [2.75, 3.05) is 6.61 Å². The molecule has 0 unspecified atom stereocenters. The molecule has 0 spiro atoms. The van der Waals surface area contributed by atoms with E-state index in [-0.39, 0.29) is 25.0 Å². The summed E-state index contributed by atoms with van der Waals surface area (Å²) in [6.07, 6.45) is 2.42. The van der Waals surface area contributed by atoms with Crippen LogP contribution in [-0.4, -0.2) is 24.7 Å². The monoisotopic (exact) mass is 298 g/mol. The van der Waals surface area contributed by atoms with Crippen LogP contribution in [0.15, 0.2) is 30.3 Å². The molecule has 0 heterocycles. The molecule has 4 heteroatoms. The van der Waals surface area contributed by atoms with Crippen molar-refractivity contribution < 1.29 is 18.3 Å². The maximum atomic E-state index is 13.0. The Morgan fingerprint density at radius 2 is 1.76 bits per heavy atom. The van der Waals surface area contributed by atoms with Gasteiger partial charge in [0.2, 0.25) is 5.92 Å². The van der Waals surface area contributed by atoms with E-state index in [2.05, 4.69) is 0 Å². The molecule has 1 saturated carbocycles. The van der Waals surface area contributed by atoms with Crippen molar-refractivity contribution in [2.24, 2.45) is 0 Å². The number of ether oxygens (including phenoxy) is 2. The van der Waals surface area contributed by atoms with E-state index < -0.39 is 5.92 Å². The highest BCUT2D eigenvalue weighted by Gasteiger charge is 2.31. The van der Waals surface area contributed by atoms with E-state index in [1.807, 2.05) is 30.3 Å². The van der Waals surface area contributed by atoms with E-state index in [4.69, 9.17) is 9.47 Å². The summed E-state index contributed by atoms with van der Waals surface area (Å²) in [6, 6.07) is 10.1. The first-order valence-corrected chi connectivity index (χ1v) is 7.74. The molecule has 21 heavy (non-hydrogen) atoms. The second-order valence-corrected chi connectivity index (χ2v) is 5.70. The molecule has 1 aliphatic carbocycles. The van der Waals surface area contributed by atoms with Crippen LogP contribution in [0.4, 0.5) is 8.78 Å². The maximum absolute atomic E-state index is 13.0. The lowest BCUT2D eigenvalue weighted by molar-refractivity contribution is -0.110. The fourth-order valence-corrected chi connectivity index (χ4v) is 2.34. The minimum atomic E-state index is -2.54. The minimum Gasteiger partial charge on any atom is -0.378 e. The van der Waals surface area contributed by atoms with Gasteiger partial charge >= 0.3 is 0 Å². The lowest BCUT2D eigenvalue weighted by atomic mass is 9.92. The molecule has 0 aromatic heterocycles. The van der Waals surface area contributed by atoms with Gasteiger partial charge in [0, 0.05) is 19.4 Å². The van der Waals surface area contributed by atoms with Crippen molar-refractivity contribution in [2.45, 2.75) is 63.8 Å². The smallest absolute Gasteiger partial charge is 0.248 e. The van der Waals surface area contributed by atoms with Crippen LogP contribution in [0.1, 0.15) is 44.6 Å². The zero-order chi connectivity index (χ0) is 15.1. The fourth-order valence-electron chi connectivity index (χ4n) is 2.34. The molecule has 1 aliphatic rings. The maximum Gasteiger partial charge on any atom is 0.248 e. The largest absolute Gasteiger partial charge is 0.378 e. The molecule has 0 saturated heterocycles. The molecule has 2 rings (SSSR count). The normalized spacial score (nSPS) is 22.0. The van der Waals surface area contributed by atoms with Gasteiger partial charge in [-0.3, -0.25) is 0 Å². The van der Waals surface area contributed by atoms with Crippen LogP contribution in [-0.2, 0) is 16.1 Å². The van der Waals surface area contributed by atoms with Crippen molar-refractivity contribution in [3.05, 3.63) is 35.9 Å². The van der Waals surface area contributed by atoms with E-state index in [9.17, 15) is 8.78 Å². The highest BCUT2D eigenvalue weighted by molar-refractivity contribution is 5.13. The van der Waals surface area contributed by atoms with E-state index >= 15 is 0 Å². The molecule has 0 aliphatic heterocycles. The number of rotatable bonds is 9. The molecule has 118 valence electrons. The highest BCUT2D eigenvalue weighted by atomic mass is 19.3. The summed E-state index contributed by atoms with van der Waals surface area (Å²) >= 11 is 0. The summed E-state index contributed by atoms with van der Waals surface area (Å²) in [4.78, 5) is 0. The van der Waals surface area contributed by atoms with Gasteiger partial charge in [-0.25, -0.2) is 8.78 Å². The van der Waals surface area contributed by atoms with Crippen molar-refractivity contribution in [3.63, 3.8) is 0 Å². The number of halogens is 2. The van der Waals surface area contributed by atoms with Crippen molar-refractivity contribution >= 4 is 0 Å². The minimum absolute atomic E-state index is 0.0792. The van der Waals surface area contributed by atoms with E-state index in [0.29, 0.717) is 19.6 Å². The predicted molar refractivity (Wildman–Crippen MR) is 78.5 cm³/mol. The van der Waals surface area contributed by atoms with Gasteiger partial charge in [0.15, 0.2) is 0 Å². The number of benzene rings is 1. The van der Waals surface area contributed by atoms with Gasteiger partial charge < -0.3 is 9.47 Å². The zero-order valence-corrected chi connectivity index (χ0v) is 12.6. The fraction of sp³-hybridized carbons (Fsp3) is 0.647. The summed E-state index contributed by atoms with van der Waals surface area (Å²) in [7, 11) is 0. The first-order chi connectivity index (χ1) is 10.1. The summed E-state index contributed by atoms with van der Waals surface area (Å²) in [5, 5.41) is 0. The van der Waals surface area contributed by atoms with Gasteiger partial charge in [0.25, 0.3) is 0 Å². The van der Waals surface area contributed by atoms with Crippen LogP contribution < -0.4 is 0 Å². The Bertz CT molecular complexity index is 403. The average molecular weight is 298 g/mol. The van der Waals surface area contributed by atoms with Crippen molar-refractivity contribution in [1.29, 1.82) is 0 Å². The van der Waals surface area contributed by atoms with Gasteiger partial charge in [-0.15, -0.1) is 0 Å². The topological polar surface area (TPSA) is 18.5 Å². The third-order valence-corrected chi connectivity index (χ3v) is 3.94. The van der Waals surface area contributed by atoms with E-state index in [1.165, 1.54) is 12.5 Å². The van der Waals surface area contributed by atoms with Crippen LogP contribution in [0.25, 0.3) is 0 Å². The zero-order valence-electron chi connectivity index (χ0n) is 12.6. The molecule has 1 aromatic carbocycles. The average Bonchev–Trinajstić information content (AvgIpc) is 2.45. The van der Waals surface area contributed by atoms with Gasteiger partial charge in [-0.2, -0.15) is 0 Å². The van der Waals surface area contributed by atoms with Crippen molar-refractivity contribution in [1.82, 2.24) is 0 Å². The van der Waals surface area contributed by atoms with Crippen LogP contribution in [0.3, 0.4) is 0 Å². The molecule has 2 nitrogen and oxygen atoms in total. The van der Waals surface area contributed by atoms with Gasteiger partial charge in [0.05, 0.1) is 18.8 Å². The molecule has 1 aromatic rings. The Morgan fingerprint density at radius 3 is 2.43 bits per heavy atom. The standard InChI is InChI=1S/C17H24F2O2/c1-2-17(18,19)9-6-10-20-15-11-16(12-15)21-13-14-7-4-3-5-8-14/h3-5,7-8,15-16H,2,6,9-13H2,1H3. The lowest BCUT2D eigenvalue weighted by Gasteiger charge is -2.35. The second-order valence-electron chi connectivity index (χ2n) is 5.70. The SMILES string of the molecule is CCC(F)(F)CCCOC1CC(OCc2ccccc2)C1. The van der Waals surface area contributed by atoms with E-state index in [0.717, 1.165) is 12.8 Å². The summed E-state index contributed by atoms with van der Waals surface area (Å²) in [5.74, 6) is -2.54. The molecule has 0 atom stereocenters. The molecular weight excluding hydrogens is 274 g/mol. The Hall–Kier alpha value is -1.00. The predicted octanol–water partition coefficient (Wildman–Crippen LogP) is 4.58. The molecule has 0 amide bonds. The summed E-state index contributed by atoms with van der Waals surface area (Å²) in [5.41, 5.74) is 1.17. The Balaban J connectivity index is 1.50. The van der Waals surface area contributed by atoms with Gasteiger partial charge in [-0.1, -0.05) is 37.3 Å². The third-order valence-electron chi connectivity index (χ3n) is 3.94. The summed E-state index contributed by atoms with van der Waals surface area (Å²) < 4.78 is 37.4. The Labute approximate surface area is 125 Å². The quantitative estimate of drug-likeness (QED) is 0.621. The lowest BCUT2D eigenvalue weighted by Crippen LogP contribution is -2.37. The number of hydrogen-bond acceptors (Lipinski definition) is 2. The van der Waals surface area contributed by atoms with Gasteiger partial charge in [0.1, 0.15) is 0 Å². The van der Waals surface area contributed by atoms with Crippen LogP contribution in [0.2, 0.25) is 0 Å². The van der Waals surface area contributed by atoms with Crippen molar-refractivity contribution in [3.8, 4) is 0 Å². The van der Waals surface area contributed by atoms with E-state index in [1.54, 1.807) is 0 Å². The Morgan fingerprint density at radius 1 is 1.10 bits per heavy atom. The number of alkyl halides is 2. The summed E-state index contributed by atoms with van der Waals surface area (Å²) in [6.45, 7) is 2.56. The Kier molecular flexibility index (Phi) is 6.12. The molecule has 0 N–H and O–H groups in total. The highest BCUT2D eigenvalue weighted by Crippen LogP contribution is 2.28. The second kappa shape index (κ2) is 7.85.